The van der Waals surface area contributed by atoms with Crippen LogP contribution in [0.15, 0.2) is 64.5 Å². The van der Waals surface area contributed by atoms with Crippen LogP contribution in [0.3, 0.4) is 0 Å². The van der Waals surface area contributed by atoms with Crippen molar-refractivity contribution in [2.75, 3.05) is 44.4 Å². The summed E-state index contributed by atoms with van der Waals surface area (Å²) in [4.78, 5) is 7.28. The number of guanidine groups is 1. The molecule has 0 unspecified atom stereocenters. The van der Waals surface area contributed by atoms with Gasteiger partial charge in [0.15, 0.2) is 15.8 Å². The van der Waals surface area contributed by atoms with E-state index in [0.29, 0.717) is 4.90 Å². The minimum absolute atomic E-state index is 0. The SMILES string of the molecule is CCNC(=NCCCCN(C)c1ccccc1)NCCc1ccc(S(C)(=O)=O)cc1.I. The summed E-state index contributed by atoms with van der Waals surface area (Å²) in [6, 6.07) is 17.5. The third-order valence-electron chi connectivity index (χ3n) is 4.77. The van der Waals surface area contributed by atoms with Crippen LogP contribution in [0.1, 0.15) is 25.3 Å². The van der Waals surface area contributed by atoms with Gasteiger partial charge in [-0.2, -0.15) is 0 Å². The van der Waals surface area contributed by atoms with Crippen molar-refractivity contribution in [1.82, 2.24) is 10.6 Å². The smallest absolute Gasteiger partial charge is 0.191 e. The molecule has 2 N–H and O–H groups in total. The van der Waals surface area contributed by atoms with Crippen molar-refractivity contribution in [2.45, 2.75) is 31.1 Å². The zero-order valence-corrected chi connectivity index (χ0v) is 21.8. The molecule has 2 rings (SSSR count). The Morgan fingerprint density at radius 2 is 1.68 bits per heavy atom. The summed E-state index contributed by atoms with van der Waals surface area (Å²) in [6.07, 6.45) is 4.14. The molecule has 0 saturated carbocycles. The molecule has 0 aliphatic heterocycles. The Labute approximate surface area is 204 Å². The lowest BCUT2D eigenvalue weighted by Gasteiger charge is -2.18. The monoisotopic (exact) mass is 558 g/mol. The van der Waals surface area contributed by atoms with Crippen LogP contribution in [-0.2, 0) is 16.3 Å². The van der Waals surface area contributed by atoms with Gasteiger partial charge in [-0.05, 0) is 56.0 Å². The van der Waals surface area contributed by atoms with E-state index in [1.165, 1.54) is 11.9 Å². The van der Waals surface area contributed by atoms with E-state index in [2.05, 4.69) is 58.8 Å². The first kappa shape index (κ1) is 27.2. The van der Waals surface area contributed by atoms with Crippen molar-refractivity contribution in [2.24, 2.45) is 4.99 Å². The summed E-state index contributed by atoms with van der Waals surface area (Å²) in [5.74, 6) is 0.821. The normalized spacial score (nSPS) is 11.5. The summed E-state index contributed by atoms with van der Waals surface area (Å²) in [5.41, 5.74) is 2.33. The highest BCUT2D eigenvalue weighted by Gasteiger charge is 2.06. The Kier molecular flexibility index (Phi) is 12.5. The minimum atomic E-state index is -3.15. The molecular weight excluding hydrogens is 523 g/mol. The number of rotatable bonds is 11. The highest BCUT2D eigenvalue weighted by molar-refractivity contribution is 14.0. The predicted molar refractivity (Wildman–Crippen MR) is 142 cm³/mol. The number of sulfone groups is 1. The van der Waals surface area contributed by atoms with E-state index < -0.39 is 9.84 Å². The summed E-state index contributed by atoms with van der Waals surface area (Å²) >= 11 is 0. The van der Waals surface area contributed by atoms with Gasteiger partial charge in [0, 0.05) is 45.2 Å². The Hall–Kier alpha value is -1.81. The topological polar surface area (TPSA) is 73.8 Å². The molecule has 0 bridgehead atoms. The van der Waals surface area contributed by atoms with E-state index in [1.54, 1.807) is 12.1 Å². The maximum absolute atomic E-state index is 11.5. The van der Waals surface area contributed by atoms with E-state index in [0.717, 1.165) is 57.0 Å². The van der Waals surface area contributed by atoms with Gasteiger partial charge in [0.2, 0.25) is 0 Å². The highest BCUT2D eigenvalue weighted by atomic mass is 127. The molecular formula is C23H35IN4O2S. The third kappa shape index (κ3) is 10.4. The summed E-state index contributed by atoms with van der Waals surface area (Å²) in [7, 11) is -1.03. The molecule has 2 aromatic carbocycles. The second kappa shape index (κ2) is 14.3. The lowest BCUT2D eigenvalue weighted by Crippen LogP contribution is -2.38. The maximum Gasteiger partial charge on any atom is 0.191 e. The van der Waals surface area contributed by atoms with Gasteiger partial charge in [-0.25, -0.2) is 8.42 Å². The van der Waals surface area contributed by atoms with E-state index in [-0.39, 0.29) is 24.0 Å². The number of nitrogens with one attached hydrogen (secondary N) is 2. The number of hydrogen-bond donors (Lipinski definition) is 2. The number of benzene rings is 2. The zero-order valence-electron chi connectivity index (χ0n) is 18.7. The van der Waals surface area contributed by atoms with Crippen molar-refractivity contribution >= 4 is 45.5 Å². The number of halogens is 1. The molecule has 6 nitrogen and oxygen atoms in total. The highest BCUT2D eigenvalue weighted by Crippen LogP contribution is 2.12. The molecule has 0 fully saturated rings. The van der Waals surface area contributed by atoms with Gasteiger partial charge in [-0.1, -0.05) is 30.3 Å². The van der Waals surface area contributed by atoms with E-state index in [4.69, 9.17) is 0 Å². The van der Waals surface area contributed by atoms with Crippen LogP contribution in [0.2, 0.25) is 0 Å². The lowest BCUT2D eigenvalue weighted by molar-refractivity contribution is 0.602. The van der Waals surface area contributed by atoms with Gasteiger partial charge >= 0.3 is 0 Å². The Balaban J connectivity index is 0.00000480. The zero-order chi connectivity index (χ0) is 21.8. The Morgan fingerprint density at radius 3 is 2.29 bits per heavy atom. The molecule has 0 amide bonds. The first-order valence-electron chi connectivity index (χ1n) is 10.5. The third-order valence-corrected chi connectivity index (χ3v) is 5.90. The molecule has 0 radical (unpaired) electrons. The predicted octanol–water partition coefficient (Wildman–Crippen LogP) is 3.72. The van der Waals surface area contributed by atoms with Gasteiger partial charge in [-0.3, -0.25) is 4.99 Å². The largest absolute Gasteiger partial charge is 0.375 e. The summed E-state index contributed by atoms with van der Waals surface area (Å²) < 4.78 is 23.1. The molecule has 0 heterocycles. The van der Waals surface area contributed by atoms with Crippen LogP contribution < -0.4 is 15.5 Å². The maximum atomic E-state index is 11.5. The fourth-order valence-electron chi connectivity index (χ4n) is 3.03. The summed E-state index contributed by atoms with van der Waals surface area (Å²) in [6.45, 7) is 5.39. The number of unbranched alkanes of at least 4 members (excludes halogenated alkanes) is 1. The fourth-order valence-corrected chi connectivity index (χ4v) is 3.66. The van der Waals surface area contributed by atoms with Crippen LogP contribution in [0.5, 0.6) is 0 Å². The van der Waals surface area contributed by atoms with Gasteiger partial charge in [0.25, 0.3) is 0 Å². The van der Waals surface area contributed by atoms with Crippen LogP contribution >= 0.6 is 24.0 Å². The van der Waals surface area contributed by atoms with E-state index in [1.807, 2.05) is 18.2 Å². The number of hydrogen-bond acceptors (Lipinski definition) is 4. The lowest BCUT2D eigenvalue weighted by atomic mass is 10.1. The number of para-hydroxylation sites is 1. The van der Waals surface area contributed by atoms with E-state index in [9.17, 15) is 8.42 Å². The fraction of sp³-hybridized carbons (Fsp3) is 0.435. The second-order valence-electron chi connectivity index (χ2n) is 7.32. The van der Waals surface area contributed by atoms with Crippen molar-refractivity contribution in [1.29, 1.82) is 0 Å². The molecule has 2 aromatic rings. The second-order valence-corrected chi connectivity index (χ2v) is 9.33. The first-order chi connectivity index (χ1) is 14.4. The van der Waals surface area contributed by atoms with Gasteiger partial charge in [0.1, 0.15) is 0 Å². The molecule has 0 spiro atoms. The number of nitrogens with zero attached hydrogens (tertiary/aromatic N) is 2. The molecule has 0 aromatic heterocycles. The van der Waals surface area contributed by atoms with Crippen molar-refractivity contribution < 1.29 is 8.42 Å². The molecule has 0 aliphatic carbocycles. The number of anilines is 1. The minimum Gasteiger partial charge on any atom is -0.375 e. The Morgan fingerprint density at radius 1 is 1.00 bits per heavy atom. The van der Waals surface area contributed by atoms with Crippen LogP contribution in [0.4, 0.5) is 5.69 Å². The molecule has 172 valence electrons. The average molecular weight is 559 g/mol. The molecule has 8 heteroatoms. The molecule has 31 heavy (non-hydrogen) atoms. The Bertz CT molecular complexity index is 888. The molecule has 0 atom stereocenters. The quantitative estimate of drug-likeness (QED) is 0.190. The van der Waals surface area contributed by atoms with Crippen LogP contribution in [-0.4, -0.2) is 53.9 Å². The van der Waals surface area contributed by atoms with Crippen molar-refractivity contribution in [3.63, 3.8) is 0 Å². The van der Waals surface area contributed by atoms with Gasteiger partial charge < -0.3 is 15.5 Å². The van der Waals surface area contributed by atoms with Crippen LogP contribution in [0, 0.1) is 0 Å². The van der Waals surface area contributed by atoms with Crippen LogP contribution in [0.25, 0.3) is 0 Å². The van der Waals surface area contributed by atoms with Crippen molar-refractivity contribution in [3.8, 4) is 0 Å². The van der Waals surface area contributed by atoms with Crippen molar-refractivity contribution in [3.05, 3.63) is 60.2 Å². The standard InChI is InChI=1S/C23H34N4O2S.HI/c1-4-24-23(25-17-8-9-19-27(2)21-10-6-5-7-11-21)26-18-16-20-12-14-22(15-13-20)30(3,28)29;/h5-7,10-15H,4,8-9,16-19H2,1-3H3,(H2,24,25,26);1H. The number of aliphatic imine (C=N–C) groups is 1. The van der Waals surface area contributed by atoms with Gasteiger partial charge in [0.05, 0.1) is 4.90 Å². The molecule has 0 aliphatic rings. The van der Waals surface area contributed by atoms with E-state index >= 15 is 0 Å². The average Bonchev–Trinajstić information content (AvgIpc) is 2.73. The summed E-state index contributed by atoms with van der Waals surface area (Å²) in [5, 5.41) is 6.62. The van der Waals surface area contributed by atoms with Gasteiger partial charge in [-0.15, -0.1) is 24.0 Å². The molecule has 0 saturated heterocycles. The first-order valence-corrected chi connectivity index (χ1v) is 12.4.